The van der Waals surface area contributed by atoms with Crippen LogP contribution < -0.4 is 5.32 Å². The summed E-state index contributed by atoms with van der Waals surface area (Å²) in [6.45, 7) is 4.80. The smallest absolute Gasteiger partial charge is 0.328 e. The normalized spacial score (nSPS) is 21.1. The number of nitrogens with zero attached hydrogens (tertiary/aromatic N) is 1. The molecule has 2 atom stereocenters. The lowest BCUT2D eigenvalue weighted by molar-refractivity contribution is -0.140. The van der Waals surface area contributed by atoms with Crippen molar-refractivity contribution in [1.82, 2.24) is 10.2 Å². The van der Waals surface area contributed by atoms with E-state index in [4.69, 9.17) is 9.84 Å². The number of rotatable bonds is 5. The van der Waals surface area contributed by atoms with Crippen LogP contribution in [0, 0.1) is 5.92 Å². The molecule has 0 aromatic rings. The van der Waals surface area contributed by atoms with Crippen molar-refractivity contribution in [3.8, 4) is 0 Å². The van der Waals surface area contributed by atoms with E-state index < -0.39 is 12.0 Å². The first-order valence-corrected chi connectivity index (χ1v) is 6.26. The molecule has 104 valence electrons. The van der Waals surface area contributed by atoms with E-state index in [1.165, 1.54) is 7.11 Å². The molecule has 1 aliphatic rings. The number of carboxylic acids is 1. The SMILES string of the molecule is COCC(NC(=O)N1CCCC1C(C)C)C(=O)O. The van der Waals surface area contributed by atoms with Gasteiger partial charge >= 0.3 is 12.0 Å². The molecule has 18 heavy (non-hydrogen) atoms. The molecule has 0 aliphatic carbocycles. The Balaban J connectivity index is 2.60. The maximum absolute atomic E-state index is 12.0. The van der Waals surface area contributed by atoms with Gasteiger partial charge < -0.3 is 20.1 Å². The maximum Gasteiger partial charge on any atom is 0.328 e. The Morgan fingerprint density at radius 1 is 1.50 bits per heavy atom. The van der Waals surface area contributed by atoms with Crippen LogP contribution in [-0.4, -0.2) is 54.4 Å². The Bertz CT molecular complexity index is 306. The van der Waals surface area contributed by atoms with Gasteiger partial charge in [-0.25, -0.2) is 9.59 Å². The van der Waals surface area contributed by atoms with Crippen LogP contribution in [0.4, 0.5) is 4.79 Å². The fraction of sp³-hybridized carbons (Fsp3) is 0.833. The third-order valence-corrected chi connectivity index (χ3v) is 3.26. The van der Waals surface area contributed by atoms with Crippen LogP contribution in [0.5, 0.6) is 0 Å². The number of ether oxygens (including phenoxy) is 1. The van der Waals surface area contributed by atoms with Crippen molar-refractivity contribution < 1.29 is 19.4 Å². The first-order valence-electron chi connectivity index (χ1n) is 6.26. The summed E-state index contributed by atoms with van der Waals surface area (Å²) in [4.78, 5) is 24.7. The van der Waals surface area contributed by atoms with E-state index in [0.29, 0.717) is 12.5 Å². The summed E-state index contributed by atoms with van der Waals surface area (Å²) >= 11 is 0. The molecule has 2 unspecified atom stereocenters. The highest BCUT2D eigenvalue weighted by molar-refractivity contribution is 5.83. The van der Waals surface area contributed by atoms with Crippen LogP contribution in [0.2, 0.25) is 0 Å². The lowest BCUT2D eigenvalue weighted by Gasteiger charge is -2.29. The lowest BCUT2D eigenvalue weighted by atomic mass is 10.0. The molecular weight excluding hydrogens is 236 g/mol. The van der Waals surface area contributed by atoms with Crippen LogP contribution in [0.1, 0.15) is 26.7 Å². The van der Waals surface area contributed by atoms with Crippen molar-refractivity contribution in [2.24, 2.45) is 5.92 Å². The van der Waals surface area contributed by atoms with Crippen molar-refractivity contribution in [1.29, 1.82) is 0 Å². The third-order valence-electron chi connectivity index (χ3n) is 3.26. The predicted molar refractivity (Wildman–Crippen MR) is 66.4 cm³/mol. The number of methoxy groups -OCH3 is 1. The number of nitrogens with one attached hydrogen (secondary N) is 1. The molecule has 6 heteroatoms. The lowest BCUT2D eigenvalue weighted by Crippen LogP contribution is -2.51. The standard InChI is InChI=1S/C12H22N2O4/c1-8(2)10-5-4-6-14(10)12(17)13-9(7-18-3)11(15)16/h8-10H,4-7H2,1-3H3,(H,13,17)(H,15,16). The van der Waals surface area contributed by atoms with Crippen molar-refractivity contribution >= 4 is 12.0 Å². The quantitative estimate of drug-likeness (QED) is 0.768. The molecule has 2 amide bonds. The molecule has 1 fully saturated rings. The van der Waals surface area contributed by atoms with E-state index in [9.17, 15) is 9.59 Å². The molecule has 2 N–H and O–H groups in total. The van der Waals surface area contributed by atoms with Gasteiger partial charge in [-0.05, 0) is 18.8 Å². The minimum absolute atomic E-state index is 0.0265. The van der Waals surface area contributed by atoms with E-state index in [-0.39, 0.29) is 18.7 Å². The average Bonchev–Trinajstić information content (AvgIpc) is 2.77. The highest BCUT2D eigenvalue weighted by Crippen LogP contribution is 2.23. The topological polar surface area (TPSA) is 78.9 Å². The van der Waals surface area contributed by atoms with Crippen LogP contribution in [0.25, 0.3) is 0 Å². The molecule has 1 rings (SSSR count). The Kier molecular flexibility index (Phi) is 5.40. The highest BCUT2D eigenvalue weighted by Gasteiger charge is 2.32. The van der Waals surface area contributed by atoms with Gasteiger partial charge in [0, 0.05) is 19.7 Å². The molecule has 0 bridgehead atoms. The zero-order chi connectivity index (χ0) is 13.7. The summed E-state index contributed by atoms with van der Waals surface area (Å²) < 4.78 is 4.79. The number of carbonyl (C=O) groups excluding carboxylic acids is 1. The molecule has 0 aromatic heterocycles. The summed E-state index contributed by atoms with van der Waals surface area (Å²) in [5.74, 6) is -0.700. The van der Waals surface area contributed by atoms with Gasteiger partial charge in [0.25, 0.3) is 0 Å². The highest BCUT2D eigenvalue weighted by atomic mass is 16.5. The summed E-state index contributed by atoms with van der Waals surface area (Å²) in [6, 6.07) is -1.10. The number of carbonyl (C=O) groups is 2. The molecule has 1 aliphatic heterocycles. The summed E-state index contributed by atoms with van der Waals surface area (Å²) in [7, 11) is 1.41. The van der Waals surface area contributed by atoms with Gasteiger partial charge in [0.15, 0.2) is 6.04 Å². The maximum atomic E-state index is 12.0. The Morgan fingerprint density at radius 3 is 2.67 bits per heavy atom. The second kappa shape index (κ2) is 6.58. The van der Waals surface area contributed by atoms with E-state index >= 15 is 0 Å². The minimum atomic E-state index is -1.08. The number of amides is 2. The number of aliphatic carboxylic acids is 1. The zero-order valence-electron chi connectivity index (χ0n) is 11.2. The first kappa shape index (κ1) is 14.8. The Hall–Kier alpha value is -1.30. The van der Waals surface area contributed by atoms with Gasteiger partial charge in [-0.15, -0.1) is 0 Å². The zero-order valence-corrected chi connectivity index (χ0v) is 11.2. The second-order valence-electron chi connectivity index (χ2n) is 4.94. The molecule has 0 radical (unpaired) electrons. The summed E-state index contributed by atoms with van der Waals surface area (Å²) in [6.07, 6.45) is 1.95. The number of hydrogen-bond acceptors (Lipinski definition) is 3. The fourth-order valence-corrected chi connectivity index (χ4v) is 2.31. The van der Waals surface area contributed by atoms with Crippen LogP contribution in [0.3, 0.4) is 0 Å². The number of likely N-dealkylation sites (tertiary alicyclic amines) is 1. The average molecular weight is 258 g/mol. The third kappa shape index (κ3) is 3.60. The van der Waals surface area contributed by atoms with Gasteiger partial charge in [-0.2, -0.15) is 0 Å². The second-order valence-corrected chi connectivity index (χ2v) is 4.94. The summed E-state index contributed by atoms with van der Waals surface area (Å²) in [5.41, 5.74) is 0. The number of urea groups is 1. The first-order chi connectivity index (χ1) is 8.47. The van der Waals surface area contributed by atoms with Gasteiger partial charge in [0.2, 0.25) is 0 Å². The molecule has 0 spiro atoms. The largest absolute Gasteiger partial charge is 0.480 e. The number of hydrogen-bond donors (Lipinski definition) is 2. The molecular formula is C12H22N2O4. The van der Waals surface area contributed by atoms with Crippen LogP contribution in [0.15, 0.2) is 0 Å². The fourth-order valence-electron chi connectivity index (χ4n) is 2.31. The van der Waals surface area contributed by atoms with Gasteiger partial charge in [-0.1, -0.05) is 13.8 Å². The van der Waals surface area contributed by atoms with Gasteiger partial charge in [0.1, 0.15) is 0 Å². The summed E-state index contributed by atoms with van der Waals surface area (Å²) in [5, 5.41) is 11.5. The van der Waals surface area contributed by atoms with Crippen molar-refractivity contribution in [3.05, 3.63) is 0 Å². The molecule has 1 heterocycles. The van der Waals surface area contributed by atoms with Crippen LogP contribution >= 0.6 is 0 Å². The van der Waals surface area contributed by atoms with Crippen LogP contribution in [-0.2, 0) is 9.53 Å². The van der Waals surface area contributed by atoms with Gasteiger partial charge in [-0.3, -0.25) is 0 Å². The molecule has 6 nitrogen and oxygen atoms in total. The van der Waals surface area contributed by atoms with E-state index in [0.717, 1.165) is 12.8 Å². The Morgan fingerprint density at radius 2 is 2.17 bits per heavy atom. The number of carboxylic acid groups (broad SMARTS) is 1. The minimum Gasteiger partial charge on any atom is -0.480 e. The molecule has 0 saturated carbocycles. The van der Waals surface area contributed by atoms with Gasteiger partial charge in [0.05, 0.1) is 6.61 Å². The van der Waals surface area contributed by atoms with E-state index in [1.54, 1.807) is 4.90 Å². The predicted octanol–water partition coefficient (Wildman–Crippen LogP) is 0.916. The Labute approximate surface area is 107 Å². The van der Waals surface area contributed by atoms with Crippen molar-refractivity contribution in [3.63, 3.8) is 0 Å². The molecule has 1 saturated heterocycles. The van der Waals surface area contributed by atoms with Crippen molar-refractivity contribution in [2.45, 2.75) is 38.8 Å². The monoisotopic (exact) mass is 258 g/mol. The van der Waals surface area contributed by atoms with Crippen molar-refractivity contribution in [2.75, 3.05) is 20.3 Å². The molecule has 0 aromatic carbocycles. The van der Waals surface area contributed by atoms with E-state index in [2.05, 4.69) is 19.2 Å². The van der Waals surface area contributed by atoms with E-state index in [1.807, 2.05) is 0 Å².